The summed E-state index contributed by atoms with van der Waals surface area (Å²) in [6.45, 7) is 6.41. The second-order valence-corrected chi connectivity index (χ2v) is 7.55. The summed E-state index contributed by atoms with van der Waals surface area (Å²) in [6, 6.07) is 16.1. The molecule has 1 aliphatic rings. The number of hydrogen-bond acceptors (Lipinski definition) is 4. The van der Waals surface area contributed by atoms with E-state index >= 15 is 0 Å². The number of benzene rings is 2. The van der Waals surface area contributed by atoms with Crippen LogP contribution in [-0.4, -0.2) is 28.9 Å². The number of ether oxygens (including phenoxy) is 2. The van der Waals surface area contributed by atoms with Gasteiger partial charge in [-0.15, -0.1) is 0 Å². The van der Waals surface area contributed by atoms with Gasteiger partial charge in [0.05, 0.1) is 12.2 Å². The Balaban J connectivity index is 1.31. The van der Waals surface area contributed by atoms with Crippen LogP contribution in [0.3, 0.4) is 0 Å². The van der Waals surface area contributed by atoms with Gasteiger partial charge in [0.25, 0.3) is 0 Å². The number of amides is 1. The molecule has 3 aromatic rings. The van der Waals surface area contributed by atoms with Crippen molar-refractivity contribution >= 4 is 5.91 Å². The number of fused-ring (bicyclic) bond motifs is 1. The van der Waals surface area contributed by atoms with Crippen LogP contribution in [0, 0.1) is 13.8 Å². The zero-order valence-electron chi connectivity index (χ0n) is 17.5. The van der Waals surface area contributed by atoms with Gasteiger partial charge in [0.2, 0.25) is 5.91 Å². The molecular weight excluding hydrogens is 378 g/mol. The molecule has 1 amide bonds. The van der Waals surface area contributed by atoms with Crippen molar-refractivity contribution in [3.63, 3.8) is 0 Å². The van der Waals surface area contributed by atoms with Crippen LogP contribution in [0.4, 0.5) is 0 Å². The van der Waals surface area contributed by atoms with E-state index in [1.54, 1.807) is 0 Å². The lowest BCUT2D eigenvalue weighted by molar-refractivity contribution is -0.121. The summed E-state index contributed by atoms with van der Waals surface area (Å²) in [7, 11) is 0. The fourth-order valence-electron chi connectivity index (χ4n) is 3.68. The largest absolute Gasteiger partial charge is 0.486 e. The van der Waals surface area contributed by atoms with Gasteiger partial charge in [-0.2, -0.15) is 5.10 Å². The average molecular weight is 405 g/mol. The van der Waals surface area contributed by atoms with Gasteiger partial charge in [0.15, 0.2) is 11.5 Å². The molecule has 30 heavy (non-hydrogen) atoms. The Morgan fingerprint density at radius 3 is 2.60 bits per heavy atom. The van der Waals surface area contributed by atoms with Crippen molar-refractivity contribution in [2.45, 2.75) is 39.8 Å². The number of nitrogens with zero attached hydrogens (tertiary/aromatic N) is 2. The summed E-state index contributed by atoms with van der Waals surface area (Å²) in [4.78, 5) is 12.4. The molecule has 6 heteroatoms. The second-order valence-electron chi connectivity index (χ2n) is 7.55. The highest BCUT2D eigenvalue weighted by Crippen LogP contribution is 2.31. The predicted molar refractivity (Wildman–Crippen MR) is 115 cm³/mol. The Kier molecular flexibility index (Phi) is 6.02. The van der Waals surface area contributed by atoms with Crippen LogP contribution in [0.1, 0.15) is 34.5 Å². The number of aryl methyl sites for hydroxylation is 2. The normalized spacial score (nSPS) is 12.6. The van der Waals surface area contributed by atoms with Crippen molar-refractivity contribution in [1.82, 2.24) is 15.1 Å². The van der Waals surface area contributed by atoms with E-state index in [4.69, 9.17) is 9.47 Å². The molecule has 6 nitrogen and oxygen atoms in total. The highest BCUT2D eigenvalue weighted by atomic mass is 16.6. The third-order valence-corrected chi connectivity index (χ3v) is 5.42. The molecule has 4 rings (SSSR count). The maximum atomic E-state index is 12.4. The number of hydrogen-bond donors (Lipinski definition) is 1. The topological polar surface area (TPSA) is 65.4 Å². The van der Waals surface area contributed by atoms with Gasteiger partial charge in [-0.25, -0.2) is 0 Å². The lowest BCUT2D eigenvalue weighted by Crippen LogP contribution is -2.23. The van der Waals surface area contributed by atoms with E-state index < -0.39 is 0 Å². The maximum Gasteiger partial charge on any atom is 0.220 e. The molecule has 0 fully saturated rings. The van der Waals surface area contributed by atoms with Crippen molar-refractivity contribution in [2.24, 2.45) is 0 Å². The quantitative estimate of drug-likeness (QED) is 0.653. The standard InChI is InChI=1S/C24H27N3O3/c1-17-21(18(2)27(26-17)16-20-6-4-3-5-7-20)15-25-24(28)11-9-19-8-10-22-23(14-19)30-13-12-29-22/h3-8,10,14H,9,11-13,15-16H2,1-2H3,(H,25,28). The van der Waals surface area contributed by atoms with Crippen molar-refractivity contribution in [3.8, 4) is 11.5 Å². The monoisotopic (exact) mass is 405 g/mol. The number of carbonyl (C=O) groups excluding carboxylic acids is 1. The fraction of sp³-hybridized carbons (Fsp3) is 0.333. The van der Waals surface area contributed by atoms with Crippen LogP contribution in [0.5, 0.6) is 11.5 Å². The minimum absolute atomic E-state index is 0.0273. The molecule has 0 bridgehead atoms. The van der Waals surface area contributed by atoms with E-state index in [0.29, 0.717) is 32.6 Å². The van der Waals surface area contributed by atoms with Crippen LogP contribution in [0.25, 0.3) is 0 Å². The lowest BCUT2D eigenvalue weighted by atomic mass is 10.1. The van der Waals surface area contributed by atoms with Gasteiger partial charge in [-0.05, 0) is 43.5 Å². The van der Waals surface area contributed by atoms with E-state index in [0.717, 1.165) is 40.6 Å². The molecule has 0 radical (unpaired) electrons. The van der Waals surface area contributed by atoms with Gasteiger partial charge >= 0.3 is 0 Å². The number of nitrogens with one attached hydrogen (secondary N) is 1. The smallest absolute Gasteiger partial charge is 0.220 e. The van der Waals surface area contributed by atoms with Crippen molar-refractivity contribution in [3.05, 3.63) is 76.6 Å². The average Bonchev–Trinajstić information content (AvgIpc) is 3.03. The van der Waals surface area contributed by atoms with Gasteiger partial charge in [-0.3, -0.25) is 9.48 Å². The molecule has 1 aromatic heterocycles. The molecule has 0 atom stereocenters. The van der Waals surface area contributed by atoms with E-state index in [9.17, 15) is 4.79 Å². The summed E-state index contributed by atoms with van der Waals surface area (Å²) in [5, 5.41) is 7.70. The summed E-state index contributed by atoms with van der Waals surface area (Å²) in [5.41, 5.74) is 5.40. The minimum Gasteiger partial charge on any atom is -0.486 e. The molecule has 0 saturated heterocycles. The SMILES string of the molecule is Cc1nn(Cc2ccccc2)c(C)c1CNC(=O)CCc1ccc2c(c1)OCCO2. The highest BCUT2D eigenvalue weighted by Gasteiger charge is 2.14. The molecule has 1 N–H and O–H groups in total. The van der Waals surface area contributed by atoms with Gasteiger partial charge in [0.1, 0.15) is 13.2 Å². The summed E-state index contributed by atoms with van der Waals surface area (Å²) in [6.07, 6.45) is 1.09. The lowest BCUT2D eigenvalue weighted by Gasteiger charge is -2.18. The number of rotatable bonds is 7. The predicted octanol–water partition coefficient (Wildman–Crippen LogP) is 3.57. The number of aromatic nitrogens is 2. The zero-order valence-corrected chi connectivity index (χ0v) is 17.5. The molecule has 156 valence electrons. The fourth-order valence-corrected chi connectivity index (χ4v) is 3.68. The van der Waals surface area contributed by atoms with Crippen LogP contribution in [0.2, 0.25) is 0 Å². The molecule has 0 saturated carbocycles. The first-order valence-corrected chi connectivity index (χ1v) is 10.3. The van der Waals surface area contributed by atoms with E-state index in [2.05, 4.69) is 29.5 Å². The summed E-state index contributed by atoms with van der Waals surface area (Å²) < 4.78 is 13.2. The van der Waals surface area contributed by atoms with Crippen molar-refractivity contribution in [2.75, 3.05) is 13.2 Å². The van der Waals surface area contributed by atoms with E-state index in [1.165, 1.54) is 5.56 Å². The third-order valence-electron chi connectivity index (χ3n) is 5.42. The zero-order chi connectivity index (χ0) is 20.9. The van der Waals surface area contributed by atoms with Gasteiger partial charge < -0.3 is 14.8 Å². The molecule has 0 aliphatic carbocycles. The van der Waals surface area contributed by atoms with Crippen LogP contribution < -0.4 is 14.8 Å². The Hall–Kier alpha value is -3.28. The summed E-state index contributed by atoms with van der Waals surface area (Å²) in [5.74, 6) is 1.56. The van der Waals surface area contributed by atoms with Crippen LogP contribution >= 0.6 is 0 Å². The third kappa shape index (κ3) is 4.64. The molecule has 2 heterocycles. The van der Waals surface area contributed by atoms with Crippen LogP contribution in [0.15, 0.2) is 48.5 Å². The minimum atomic E-state index is 0.0273. The molecular formula is C24H27N3O3. The van der Waals surface area contributed by atoms with Gasteiger partial charge in [-0.1, -0.05) is 36.4 Å². The Morgan fingerprint density at radius 2 is 1.80 bits per heavy atom. The Morgan fingerprint density at radius 1 is 1.03 bits per heavy atom. The molecule has 0 spiro atoms. The molecule has 1 aliphatic heterocycles. The second kappa shape index (κ2) is 9.03. The highest BCUT2D eigenvalue weighted by molar-refractivity contribution is 5.76. The first kappa shape index (κ1) is 20.0. The van der Waals surface area contributed by atoms with Crippen molar-refractivity contribution in [1.29, 1.82) is 0 Å². The van der Waals surface area contributed by atoms with E-state index in [-0.39, 0.29) is 5.91 Å². The molecule has 0 unspecified atom stereocenters. The molecule has 2 aromatic carbocycles. The first-order chi connectivity index (χ1) is 14.6. The van der Waals surface area contributed by atoms with Gasteiger partial charge in [0, 0.05) is 24.2 Å². The summed E-state index contributed by atoms with van der Waals surface area (Å²) >= 11 is 0. The number of carbonyl (C=O) groups is 1. The van der Waals surface area contributed by atoms with E-state index in [1.807, 2.05) is 48.0 Å². The van der Waals surface area contributed by atoms with Crippen molar-refractivity contribution < 1.29 is 14.3 Å². The Bertz CT molecular complexity index is 1030. The van der Waals surface area contributed by atoms with Crippen LogP contribution in [-0.2, 0) is 24.3 Å². The first-order valence-electron chi connectivity index (χ1n) is 10.3. The maximum absolute atomic E-state index is 12.4. The Labute approximate surface area is 176 Å².